The van der Waals surface area contributed by atoms with Gasteiger partial charge in [-0.05, 0) is 30.5 Å². The molecule has 1 aliphatic rings. The third kappa shape index (κ3) is 3.00. The Kier molecular flexibility index (Phi) is 4.30. The zero-order valence-corrected chi connectivity index (χ0v) is 11.6. The summed E-state index contributed by atoms with van der Waals surface area (Å²) in [6.45, 7) is 0.631. The summed E-state index contributed by atoms with van der Waals surface area (Å²) in [5.74, 6) is 0.859. The maximum Gasteiger partial charge on any atom is 0.406 e. The Hall–Kier alpha value is -1.71. The SMILES string of the molecule is COC(=O)NCC1(c2ccc(OC)cc2)CCCC1. The van der Waals surface area contributed by atoms with Gasteiger partial charge in [-0.2, -0.15) is 0 Å². The molecule has 2 rings (SSSR count). The number of amides is 1. The molecule has 1 N–H and O–H groups in total. The number of hydrogen-bond acceptors (Lipinski definition) is 3. The van der Waals surface area contributed by atoms with Gasteiger partial charge in [0.25, 0.3) is 0 Å². The molecule has 4 nitrogen and oxygen atoms in total. The maximum absolute atomic E-state index is 11.3. The molecule has 0 unspecified atom stereocenters. The van der Waals surface area contributed by atoms with Crippen molar-refractivity contribution in [3.05, 3.63) is 29.8 Å². The van der Waals surface area contributed by atoms with Crippen LogP contribution in [0.5, 0.6) is 5.75 Å². The largest absolute Gasteiger partial charge is 0.497 e. The monoisotopic (exact) mass is 263 g/mol. The molecule has 1 aliphatic carbocycles. The molecule has 0 radical (unpaired) electrons. The van der Waals surface area contributed by atoms with Crippen molar-refractivity contribution in [3.8, 4) is 5.75 Å². The summed E-state index contributed by atoms with van der Waals surface area (Å²) in [6, 6.07) is 8.16. The molecular weight excluding hydrogens is 242 g/mol. The Balaban J connectivity index is 2.15. The van der Waals surface area contributed by atoms with Crippen molar-refractivity contribution in [2.24, 2.45) is 0 Å². The fourth-order valence-corrected chi connectivity index (χ4v) is 2.88. The second-order valence-electron chi connectivity index (χ2n) is 5.06. The van der Waals surface area contributed by atoms with E-state index in [1.165, 1.54) is 25.5 Å². The summed E-state index contributed by atoms with van der Waals surface area (Å²) >= 11 is 0. The van der Waals surface area contributed by atoms with Crippen LogP contribution < -0.4 is 10.1 Å². The fourth-order valence-electron chi connectivity index (χ4n) is 2.88. The average Bonchev–Trinajstić information content (AvgIpc) is 2.95. The molecule has 0 spiro atoms. The van der Waals surface area contributed by atoms with Crippen LogP contribution in [0.25, 0.3) is 0 Å². The number of methoxy groups -OCH3 is 2. The number of rotatable bonds is 4. The maximum atomic E-state index is 11.3. The van der Waals surface area contributed by atoms with Gasteiger partial charge in [-0.15, -0.1) is 0 Å². The number of benzene rings is 1. The van der Waals surface area contributed by atoms with Crippen LogP contribution in [0.2, 0.25) is 0 Å². The molecule has 0 aromatic heterocycles. The number of carbonyl (C=O) groups is 1. The highest BCUT2D eigenvalue weighted by atomic mass is 16.5. The molecule has 104 valence electrons. The second kappa shape index (κ2) is 5.95. The highest BCUT2D eigenvalue weighted by Crippen LogP contribution is 2.41. The summed E-state index contributed by atoms with van der Waals surface area (Å²) in [5, 5.41) is 2.85. The van der Waals surface area contributed by atoms with Crippen molar-refractivity contribution in [2.45, 2.75) is 31.1 Å². The minimum atomic E-state index is -0.361. The Labute approximate surface area is 114 Å². The van der Waals surface area contributed by atoms with Crippen LogP contribution in [-0.2, 0) is 10.2 Å². The van der Waals surface area contributed by atoms with Gasteiger partial charge in [0.2, 0.25) is 0 Å². The van der Waals surface area contributed by atoms with Crippen molar-refractivity contribution < 1.29 is 14.3 Å². The van der Waals surface area contributed by atoms with Crippen LogP contribution in [0.1, 0.15) is 31.2 Å². The molecule has 1 aromatic carbocycles. The second-order valence-corrected chi connectivity index (χ2v) is 5.06. The molecule has 0 atom stereocenters. The van der Waals surface area contributed by atoms with E-state index >= 15 is 0 Å². The predicted molar refractivity (Wildman–Crippen MR) is 73.5 cm³/mol. The lowest BCUT2D eigenvalue weighted by Gasteiger charge is -2.29. The lowest BCUT2D eigenvalue weighted by atomic mass is 9.79. The third-order valence-corrected chi connectivity index (χ3v) is 4.02. The van der Waals surface area contributed by atoms with Gasteiger partial charge in [0, 0.05) is 12.0 Å². The Bertz CT molecular complexity index is 422. The molecular formula is C15H21NO3. The van der Waals surface area contributed by atoms with Crippen molar-refractivity contribution in [1.82, 2.24) is 5.32 Å². The topological polar surface area (TPSA) is 47.6 Å². The van der Waals surface area contributed by atoms with Crippen molar-refractivity contribution >= 4 is 6.09 Å². The van der Waals surface area contributed by atoms with Gasteiger partial charge >= 0.3 is 6.09 Å². The molecule has 0 saturated heterocycles. The van der Waals surface area contributed by atoms with Gasteiger partial charge in [-0.3, -0.25) is 0 Å². The predicted octanol–water partition coefficient (Wildman–Crippen LogP) is 2.86. The van der Waals surface area contributed by atoms with Gasteiger partial charge < -0.3 is 14.8 Å². The van der Waals surface area contributed by atoms with E-state index in [0.717, 1.165) is 18.6 Å². The zero-order valence-electron chi connectivity index (χ0n) is 11.6. The van der Waals surface area contributed by atoms with Gasteiger partial charge in [-0.1, -0.05) is 25.0 Å². The normalized spacial score (nSPS) is 16.9. The fraction of sp³-hybridized carbons (Fsp3) is 0.533. The summed E-state index contributed by atoms with van der Waals surface area (Å²) in [7, 11) is 3.06. The van der Waals surface area contributed by atoms with E-state index in [1.807, 2.05) is 12.1 Å². The molecule has 19 heavy (non-hydrogen) atoms. The van der Waals surface area contributed by atoms with E-state index in [1.54, 1.807) is 7.11 Å². The lowest BCUT2D eigenvalue weighted by Crippen LogP contribution is -2.38. The summed E-state index contributed by atoms with van der Waals surface area (Å²) < 4.78 is 9.85. The Morgan fingerprint density at radius 3 is 2.37 bits per heavy atom. The lowest BCUT2D eigenvalue weighted by molar-refractivity contribution is 0.167. The molecule has 4 heteroatoms. The van der Waals surface area contributed by atoms with Crippen LogP contribution in [0.4, 0.5) is 4.79 Å². The van der Waals surface area contributed by atoms with Crippen molar-refractivity contribution in [3.63, 3.8) is 0 Å². The first-order chi connectivity index (χ1) is 9.20. The highest BCUT2D eigenvalue weighted by Gasteiger charge is 2.35. The minimum absolute atomic E-state index is 0.0421. The van der Waals surface area contributed by atoms with Gasteiger partial charge in [0.05, 0.1) is 14.2 Å². The van der Waals surface area contributed by atoms with Crippen LogP contribution in [0.15, 0.2) is 24.3 Å². The van der Waals surface area contributed by atoms with Gasteiger partial charge in [0.15, 0.2) is 0 Å². The number of hydrogen-bond donors (Lipinski definition) is 1. The van der Waals surface area contributed by atoms with Crippen LogP contribution in [0.3, 0.4) is 0 Å². The number of carbonyl (C=O) groups excluding carboxylic acids is 1. The first-order valence-corrected chi connectivity index (χ1v) is 6.66. The summed E-state index contributed by atoms with van der Waals surface area (Å²) in [4.78, 5) is 11.3. The quantitative estimate of drug-likeness (QED) is 0.908. The average molecular weight is 263 g/mol. The van der Waals surface area contributed by atoms with E-state index in [2.05, 4.69) is 22.2 Å². The third-order valence-electron chi connectivity index (χ3n) is 4.02. The first-order valence-electron chi connectivity index (χ1n) is 6.66. The van der Waals surface area contributed by atoms with E-state index in [9.17, 15) is 4.79 Å². The first kappa shape index (κ1) is 13.7. The molecule has 0 heterocycles. The van der Waals surface area contributed by atoms with Gasteiger partial charge in [-0.25, -0.2) is 4.79 Å². The molecule has 1 aromatic rings. The van der Waals surface area contributed by atoms with Crippen LogP contribution in [0, 0.1) is 0 Å². The van der Waals surface area contributed by atoms with Crippen LogP contribution in [-0.4, -0.2) is 26.9 Å². The molecule has 1 fully saturated rings. The zero-order chi connectivity index (χ0) is 13.7. The number of ether oxygens (including phenoxy) is 2. The van der Waals surface area contributed by atoms with Crippen LogP contribution >= 0.6 is 0 Å². The Morgan fingerprint density at radius 2 is 1.84 bits per heavy atom. The molecule has 0 bridgehead atoms. The molecule has 1 saturated carbocycles. The number of nitrogens with one attached hydrogen (secondary N) is 1. The highest BCUT2D eigenvalue weighted by molar-refractivity contribution is 5.67. The standard InChI is InChI=1S/C15H21NO3/c1-18-13-7-5-12(6-8-13)15(9-3-4-10-15)11-16-14(17)19-2/h5-8H,3-4,9-11H2,1-2H3,(H,16,17). The van der Waals surface area contributed by atoms with Crippen molar-refractivity contribution in [2.75, 3.05) is 20.8 Å². The van der Waals surface area contributed by atoms with E-state index < -0.39 is 0 Å². The Morgan fingerprint density at radius 1 is 1.21 bits per heavy atom. The molecule has 1 amide bonds. The van der Waals surface area contributed by atoms with E-state index in [4.69, 9.17) is 4.74 Å². The van der Waals surface area contributed by atoms with Crippen molar-refractivity contribution in [1.29, 1.82) is 0 Å². The number of alkyl carbamates (subject to hydrolysis) is 1. The van der Waals surface area contributed by atoms with Gasteiger partial charge in [0.1, 0.15) is 5.75 Å². The minimum Gasteiger partial charge on any atom is -0.497 e. The smallest absolute Gasteiger partial charge is 0.406 e. The molecule has 0 aliphatic heterocycles. The summed E-state index contributed by atoms with van der Waals surface area (Å²) in [6.07, 6.45) is 4.25. The summed E-state index contributed by atoms with van der Waals surface area (Å²) in [5.41, 5.74) is 1.31. The van der Waals surface area contributed by atoms with E-state index in [0.29, 0.717) is 6.54 Å². The van der Waals surface area contributed by atoms with E-state index in [-0.39, 0.29) is 11.5 Å².